The molecule has 5 rings (SSSR count). The molecule has 31 heavy (non-hydrogen) atoms. The number of halogens is 2. The van der Waals surface area contributed by atoms with Gasteiger partial charge in [0.25, 0.3) is 5.91 Å². The van der Waals surface area contributed by atoms with Crippen molar-refractivity contribution in [2.24, 2.45) is 0 Å². The van der Waals surface area contributed by atoms with Gasteiger partial charge in [0.2, 0.25) is 0 Å². The first kappa shape index (κ1) is 20.2. The molecule has 0 radical (unpaired) electrons. The highest BCUT2D eigenvalue weighted by Gasteiger charge is 2.56. The normalized spacial score (nSPS) is 25.0. The third-order valence-electron chi connectivity index (χ3n) is 6.07. The number of carbonyl (C=O) groups excluding carboxylic acids is 3. The molecule has 1 saturated carbocycles. The van der Waals surface area contributed by atoms with Crippen LogP contribution in [0.5, 0.6) is 0 Å². The van der Waals surface area contributed by atoms with Crippen molar-refractivity contribution in [1.82, 2.24) is 14.7 Å². The monoisotopic (exact) mass is 458 g/mol. The van der Waals surface area contributed by atoms with Crippen LogP contribution in [0.2, 0.25) is 10.0 Å². The molecular weight excluding hydrogens is 439 g/mol. The van der Waals surface area contributed by atoms with Crippen molar-refractivity contribution in [3.8, 4) is 0 Å². The molecule has 2 heterocycles. The van der Waals surface area contributed by atoms with Crippen LogP contribution in [0.1, 0.15) is 17.9 Å². The Morgan fingerprint density at radius 2 is 1.71 bits per heavy atom. The molecule has 5 amide bonds. The lowest BCUT2D eigenvalue weighted by molar-refractivity contribution is -0.129. The number of nitrogens with one attached hydrogen (secondary N) is 1. The topological polar surface area (TPSA) is 73.0 Å². The predicted octanol–water partition coefficient (Wildman–Crippen LogP) is 4.03. The van der Waals surface area contributed by atoms with E-state index in [2.05, 4.69) is 5.32 Å². The Kier molecular flexibility index (Phi) is 5.02. The number of amides is 5. The summed E-state index contributed by atoms with van der Waals surface area (Å²) in [7, 11) is 0. The zero-order chi connectivity index (χ0) is 21.7. The fraction of sp³-hybridized carbons (Fsp3) is 0.318. The number of imide groups is 1. The van der Waals surface area contributed by atoms with Crippen molar-refractivity contribution in [3.05, 3.63) is 64.1 Å². The zero-order valence-corrected chi connectivity index (χ0v) is 18.0. The summed E-state index contributed by atoms with van der Waals surface area (Å²) >= 11 is 12.0. The minimum atomic E-state index is -0.646. The Hall–Kier alpha value is -2.77. The number of piperazine rings is 1. The molecule has 3 aliphatic rings. The molecule has 9 heteroatoms. The van der Waals surface area contributed by atoms with Crippen molar-refractivity contribution in [2.45, 2.75) is 24.4 Å². The number of hydrogen-bond acceptors (Lipinski definition) is 3. The summed E-state index contributed by atoms with van der Waals surface area (Å²) < 4.78 is 0. The highest BCUT2D eigenvalue weighted by atomic mass is 35.5. The van der Waals surface area contributed by atoms with Crippen LogP contribution >= 0.6 is 23.2 Å². The molecule has 2 aromatic rings. The van der Waals surface area contributed by atoms with Crippen LogP contribution in [0.25, 0.3) is 0 Å². The van der Waals surface area contributed by atoms with Crippen molar-refractivity contribution < 1.29 is 14.4 Å². The maximum atomic E-state index is 13.1. The van der Waals surface area contributed by atoms with Crippen molar-refractivity contribution >= 4 is 46.9 Å². The van der Waals surface area contributed by atoms with E-state index in [9.17, 15) is 14.4 Å². The average Bonchev–Trinajstić information content (AvgIpc) is 3.49. The molecule has 2 saturated heterocycles. The van der Waals surface area contributed by atoms with Crippen LogP contribution in [0.15, 0.2) is 48.5 Å². The van der Waals surface area contributed by atoms with Gasteiger partial charge in [0, 0.05) is 40.8 Å². The van der Waals surface area contributed by atoms with E-state index in [0.717, 1.165) is 12.0 Å². The van der Waals surface area contributed by atoms with E-state index in [1.165, 1.54) is 4.90 Å². The molecule has 0 aromatic heterocycles. The van der Waals surface area contributed by atoms with Gasteiger partial charge in [0.05, 0.1) is 6.54 Å². The van der Waals surface area contributed by atoms with Gasteiger partial charge >= 0.3 is 12.1 Å². The number of rotatable bonds is 3. The van der Waals surface area contributed by atoms with Gasteiger partial charge in [-0.05, 0) is 30.2 Å². The second-order valence-corrected chi connectivity index (χ2v) is 8.93. The van der Waals surface area contributed by atoms with Gasteiger partial charge < -0.3 is 15.1 Å². The standard InChI is InChI=1S/C22H20Cl2N4O3/c23-14-8-15(24)10-16(9-14)25-21(30)26-6-7-27-19(12-26)20(29)28(22(27)31)18-11-17(18)13-4-2-1-3-5-13/h1-5,8-10,17-19H,6-7,11-12H2,(H,25,30). The number of benzene rings is 2. The Morgan fingerprint density at radius 1 is 1.00 bits per heavy atom. The van der Waals surface area contributed by atoms with Crippen molar-refractivity contribution in [1.29, 1.82) is 0 Å². The molecule has 1 N–H and O–H groups in total. The van der Waals surface area contributed by atoms with Crippen LogP contribution in [0.4, 0.5) is 15.3 Å². The van der Waals surface area contributed by atoms with Gasteiger partial charge in [-0.3, -0.25) is 9.69 Å². The summed E-state index contributed by atoms with van der Waals surface area (Å²) in [6, 6.07) is 13.3. The second kappa shape index (κ2) is 7.73. The first-order valence-electron chi connectivity index (χ1n) is 10.1. The highest BCUT2D eigenvalue weighted by molar-refractivity contribution is 6.35. The van der Waals surface area contributed by atoms with Crippen LogP contribution in [-0.2, 0) is 4.79 Å². The molecule has 0 bridgehead atoms. The molecule has 2 aliphatic heterocycles. The molecule has 160 valence electrons. The lowest BCUT2D eigenvalue weighted by Crippen LogP contribution is -2.55. The smallest absolute Gasteiger partial charge is 0.320 e. The first-order valence-corrected chi connectivity index (χ1v) is 10.9. The van der Waals surface area contributed by atoms with Crippen LogP contribution in [0, 0.1) is 0 Å². The van der Waals surface area contributed by atoms with E-state index < -0.39 is 6.04 Å². The summed E-state index contributed by atoms with van der Waals surface area (Å²) in [6.45, 7) is 0.818. The second-order valence-electron chi connectivity index (χ2n) is 8.05. The Labute approximate surface area is 189 Å². The van der Waals surface area contributed by atoms with Gasteiger partial charge in [0.1, 0.15) is 6.04 Å². The number of anilines is 1. The van der Waals surface area contributed by atoms with Crippen LogP contribution in [-0.4, -0.2) is 64.4 Å². The molecule has 3 unspecified atom stereocenters. The third-order valence-corrected chi connectivity index (χ3v) is 6.51. The van der Waals surface area contributed by atoms with E-state index >= 15 is 0 Å². The van der Waals surface area contributed by atoms with Gasteiger partial charge in [-0.25, -0.2) is 9.59 Å². The van der Waals surface area contributed by atoms with E-state index in [4.69, 9.17) is 23.2 Å². The number of fused-ring (bicyclic) bond motifs is 1. The summed E-state index contributed by atoms with van der Waals surface area (Å²) in [4.78, 5) is 43.3. The van der Waals surface area contributed by atoms with E-state index in [-0.39, 0.29) is 36.5 Å². The van der Waals surface area contributed by atoms with Gasteiger partial charge in [-0.1, -0.05) is 53.5 Å². The van der Waals surface area contributed by atoms with E-state index in [1.807, 2.05) is 30.3 Å². The van der Waals surface area contributed by atoms with Crippen LogP contribution in [0.3, 0.4) is 0 Å². The van der Waals surface area contributed by atoms with E-state index in [0.29, 0.717) is 28.8 Å². The lowest BCUT2D eigenvalue weighted by Gasteiger charge is -2.35. The van der Waals surface area contributed by atoms with Gasteiger partial charge in [0.15, 0.2) is 0 Å². The quantitative estimate of drug-likeness (QED) is 0.705. The lowest BCUT2D eigenvalue weighted by atomic mass is 10.1. The SMILES string of the molecule is O=C(Nc1cc(Cl)cc(Cl)c1)N1CCN2C(=O)N(C3CC3c3ccccc3)C(=O)C2C1. The minimum absolute atomic E-state index is 0.108. The largest absolute Gasteiger partial charge is 0.327 e. The van der Waals surface area contributed by atoms with E-state index in [1.54, 1.807) is 28.0 Å². The fourth-order valence-electron chi connectivity index (χ4n) is 4.46. The van der Waals surface area contributed by atoms with Crippen molar-refractivity contribution in [2.75, 3.05) is 25.0 Å². The highest BCUT2D eigenvalue weighted by Crippen LogP contribution is 2.46. The molecule has 7 nitrogen and oxygen atoms in total. The average molecular weight is 459 g/mol. The minimum Gasteiger partial charge on any atom is -0.320 e. The zero-order valence-electron chi connectivity index (χ0n) is 16.5. The van der Waals surface area contributed by atoms with Crippen molar-refractivity contribution in [3.63, 3.8) is 0 Å². The number of nitrogens with zero attached hydrogens (tertiary/aromatic N) is 3. The molecule has 1 aliphatic carbocycles. The number of carbonyl (C=O) groups is 3. The molecule has 0 spiro atoms. The maximum absolute atomic E-state index is 13.1. The van der Waals surface area contributed by atoms with Crippen LogP contribution < -0.4 is 5.32 Å². The summed E-state index contributed by atoms with van der Waals surface area (Å²) in [6.07, 6.45) is 0.780. The fourth-order valence-corrected chi connectivity index (χ4v) is 4.99. The number of hydrogen-bond donors (Lipinski definition) is 1. The maximum Gasteiger partial charge on any atom is 0.327 e. The Balaban J connectivity index is 1.26. The van der Waals surface area contributed by atoms with Gasteiger partial charge in [-0.2, -0.15) is 0 Å². The summed E-state index contributed by atoms with van der Waals surface area (Å²) in [5.74, 6) is -0.0424. The molecule has 3 atom stereocenters. The number of urea groups is 2. The summed E-state index contributed by atoms with van der Waals surface area (Å²) in [5.41, 5.74) is 1.61. The summed E-state index contributed by atoms with van der Waals surface area (Å²) in [5, 5.41) is 3.59. The Morgan fingerprint density at radius 3 is 2.42 bits per heavy atom. The first-order chi connectivity index (χ1) is 14.9. The molecular formula is C22H20Cl2N4O3. The Bertz CT molecular complexity index is 1040. The third kappa shape index (κ3) is 3.72. The molecule has 3 fully saturated rings. The molecule has 2 aromatic carbocycles. The van der Waals surface area contributed by atoms with Gasteiger partial charge in [-0.15, -0.1) is 0 Å². The predicted molar refractivity (Wildman–Crippen MR) is 117 cm³/mol.